The topological polar surface area (TPSA) is 121 Å². The minimum Gasteiger partial charge on any atom is -0.506 e. The number of sulfonamides is 1. The number of nitrogens with one attached hydrogen (secondary N) is 1. The number of hydrogen-bond acceptors (Lipinski definition) is 6. The predicted octanol–water partition coefficient (Wildman–Crippen LogP) is 4.02. The molecule has 0 spiro atoms. The molecular formula is C21H20F3N5O3S. The van der Waals surface area contributed by atoms with Crippen LogP contribution in [0.25, 0.3) is 22.4 Å². The van der Waals surface area contributed by atoms with Gasteiger partial charge in [0.25, 0.3) is 0 Å². The Morgan fingerprint density at radius 3 is 2.52 bits per heavy atom. The maximum absolute atomic E-state index is 12.8. The summed E-state index contributed by atoms with van der Waals surface area (Å²) in [6, 6.07) is 3.85. The van der Waals surface area contributed by atoms with Gasteiger partial charge in [-0.1, -0.05) is 12.8 Å². The Hall–Kier alpha value is -3.17. The highest BCUT2D eigenvalue weighted by Gasteiger charge is 2.39. The highest BCUT2D eigenvalue weighted by atomic mass is 32.2. The van der Waals surface area contributed by atoms with Crippen LogP contribution < -0.4 is 4.72 Å². The van der Waals surface area contributed by atoms with Gasteiger partial charge in [-0.15, -0.1) is 0 Å². The van der Waals surface area contributed by atoms with E-state index >= 15 is 0 Å². The summed E-state index contributed by atoms with van der Waals surface area (Å²) in [5, 5.41) is 20.2. The number of rotatable bonds is 5. The molecule has 0 aromatic carbocycles. The molecule has 1 unspecified atom stereocenters. The third-order valence-electron chi connectivity index (χ3n) is 5.74. The van der Waals surface area contributed by atoms with Crippen LogP contribution in [0.2, 0.25) is 0 Å². The molecule has 0 bridgehead atoms. The number of halogens is 3. The molecule has 174 valence electrons. The molecule has 3 aromatic rings. The lowest BCUT2D eigenvalue weighted by molar-refractivity contribution is -0.147. The van der Waals surface area contributed by atoms with E-state index in [0.29, 0.717) is 23.7 Å². The van der Waals surface area contributed by atoms with Crippen molar-refractivity contribution >= 4 is 21.1 Å². The Balaban J connectivity index is 1.81. The normalized spacial score (nSPS) is 16.2. The molecule has 0 aliphatic heterocycles. The number of nitriles is 1. The summed E-state index contributed by atoms with van der Waals surface area (Å²) in [7, 11) is -4.46. The lowest BCUT2D eigenvalue weighted by atomic mass is 10.1. The first-order valence-corrected chi connectivity index (χ1v) is 11.7. The van der Waals surface area contributed by atoms with E-state index in [2.05, 4.69) is 16.0 Å². The maximum atomic E-state index is 12.8. The zero-order valence-electron chi connectivity index (χ0n) is 17.5. The van der Waals surface area contributed by atoms with Crippen molar-refractivity contribution in [3.8, 4) is 23.2 Å². The van der Waals surface area contributed by atoms with Gasteiger partial charge in [0, 0.05) is 17.6 Å². The van der Waals surface area contributed by atoms with Crippen molar-refractivity contribution in [1.29, 1.82) is 5.26 Å². The largest absolute Gasteiger partial charge is 0.506 e. The zero-order chi connectivity index (χ0) is 24.0. The molecule has 4 rings (SSSR count). The van der Waals surface area contributed by atoms with E-state index in [-0.39, 0.29) is 23.0 Å². The van der Waals surface area contributed by atoms with E-state index in [0.717, 1.165) is 37.9 Å². The molecule has 1 aliphatic rings. The molecule has 33 heavy (non-hydrogen) atoms. The van der Waals surface area contributed by atoms with E-state index in [1.165, 1.54) is 18.3 Å². The van der Waals surface area contributed by atoms with Crippen LogP contribution in [0.1, 0.15) is 44.2 Å². The minimum atomic E-state index is -4.73. The van der Waals surface area contributed by atoms with Crippen molar-refractivity contribution in [3.05, 3.63) is 36.2 Å². The average molecular weight is 479 g/mol. The van der Waals surface area contributed by atoms with Crippen molar-refractivity contribution in [1.82, 2.24) is 19.3 Å². The van der Waals surface area contributed by atoms with Gasteiger partial charge in [-0.05, 0) is 38.0 Å². The molecule has 12 heteroatoms. The predicted molar refractivity (Wildman–Crippen MR) is 113 cm³/mol. The van der Waals surface area contributed by atoms with Crippen LogP contribution in [0.5, 0.6) is 5.75 Å². The molecule has 1 fully saturated rings. The van der Waals surface area contributed by atoms with Gasteiger partial charge in [0.15, 0.2) is 0 Å². The van der Waals surface area contributed by atoms with Crippen LogP contribution >= 0.6 is 0 Å². The number of nitrogens with zero attached hydrogens (tertiary/aromatic N) is 4. The van der Waals surface area contributed by atoms with Gasteiger partial charge in [0.1, 0.15) is 28.4 Å². The smallest absolute Gasteiger partial charge is 0.404 e. The van der Waals surface area contributed by atoms with Crippen molar-refractivity contribution in [3.63, 3.8) is 0 Å². The lowest BCUT2D eigenvalue weighted by Gasteiger charge is -2.18. The van der Waals surface area contributed by atoms with Gasteiger partial charge in [-0.25, -0.2) is 13.4 Å². The van der Waals surface area contributed by atoms with Gasteiger partial charge < -0.3 is 9.67 Å². The van der Waals surface area contributed by atoms with Crippen molar-refractivity contribution in [2.45, 2.75) is 55.8 Å². The molecule has 0 amide bonds. The van der Waals surface area contributed by atoms with Gasteiger partial charge in [-0.2, -0.15) is 23.2 Å². The first-order valence-electron chi connectivity index (χ1n) is 10.2. The van der Waals surface area contributed by atoms with Gasteiger partial charge in [0.2, 0.25) is 10.0 Å². The van der Waals surface area contributed by atoms with E-state index < -0.39 is 27.1 Å². The summed E-state index contributed by atoms with van der Waals surface area (Å²) in [5.74, 6) is -0.103. The molecule has 1 atom stereocenters. The Labute approximate surface area is 187 Å². The molecule has 0 saturated heterocycles. The molecule has 1 aliphatic carbocycles. The summed E-state index contributed by atoms with van der Waals surface area (Å²) in [5.41, 5.74) is 1.44. The van der Waals surface area contributed by atoms with E-state index in [4.69, 9.17) is 0 Å². The lowest BCUT2D eigenvalue weighted by Crippen LogP contribution is -2.42. The van der Waals surface area contributed by atoms with Crippen LogP contribution in [0.15, 0.2) is 35.5 Å². The van der Waals surface area contributed by atoms with E-state index in [9.17, 15) is 32.0 Å². The number of alkyl halides is 3. The zero-order valence-corrected chi connectivity index (χ0v) is 18.3. The van der Waals surface area contributed by atoms with Crippen molar-refractivity contribution in [2.24, 2.45) is 0 Å². The second-order valence-corrected chi connectivity index (χ2v) is 9.69. The van der Waals surface area contributed by atoms with Crippen LogP contribution in [0.3, 0.4) is 0 Å². The molecular weight excluding hydrogens is 459 g/mol. The standard InChI is InChI=1S/C21H20F3N5O3S/c1-12(21(22,23)24)28-33(31,32)15-6-7-18(26-11-15)19-17(9-25)16-8-14(30)10-27-20(16)29(19)13-4-2-3-5-13/h6-8,10-13,28,30H,2-5H2,1H3. The Bertz CT molecular complexity index is 1340. The number of aromatic hydroxyl groups is 1. The second kappa shape index (κ2) is 8.31. The highest BCUT2D eigenvalue weighted by Crippen LogP contribution is 2.40. The molecule has 1 saturated carbocycles. The summed E-state index contributed by atoms with van der Waals surface area (Å²) >= 11 is 0. The minimum absolute atomic E-state index is 0.0427. The fourth-order valence-corrected chi connectivity index (χ4v) is 5.28. The quantitative estimate of drug-likeness (QED) is 0.570. The van der Waals surface area contributed by atoms with E-state index in [1.807, 2.05) is 4.57 Å². The first kappa shape index (κ1) is 23.0. The van der Waals surface area contributed by atoms with Crippen LogP contribution in [-0.4, -0.2) is 40.3 Å². The average Bonchev–Trinajstić information content (AvgIpc) is 3.38. The third-order valence-corrected chi connectivity index (χ3v) is 7.27. The summed E-state index contributed by atoms with van der Waals surface area (Å²) in [6.07, 6.45) is 1.22. The fourth-order valence-electron chi connectivity index (χ4n) is 4.11. The van der Waals surface area contributed by atoms with E-state index in [1.54, 1.807) is 4.72 Å². The number of aromatic nitrogens is 3. The van der Waals surface area contributed by atoms with Crippen LogP contribution in [0, 0.1) is 11.3 Å². The third kappa shape index (κ3) is 4.26. The van der Waals surface area contributed by atoms with Crippen molar-refractivity contribution < 1.29 is 26.7 Å². The Kier molecular flexibility index (Phi) is 5.79. The number of pyridine rings is 2. The molecule has 0 radical (unpaired) electrons. The van der Waals surface area contributed by atoms with Crippen LogP contribution in [-0.2, 0) is 10.0 Å². The monoisotopic (exact) mass is 479 g/mol. The number of hydrogen-bond donors (Lipinski definition) is 2. The van der Waals surface area contributed by atoms with Crippen molar-refractivity contribution in [2.75, 3.05) is 0 Å². The number of fused-ring (bicyclic) bond motifs is 1. The van der Waals surface area contributed by atoms with Gasteiger partial charge in [0.05, 0.1) is 23.1 Å². The second-order valence-electron chi connectivity index (χ2n) is 7.97. The fraction of sp³-hybridized carbons (Fsp3) is 0.381. The molecule has 8 nitrogen and oxygen atoms in total. The highest BCUT2D eigenvalue weighted by molar-refractivity contribution is 7.89. The van der Waals surface area contributed by atoms with Crippen LogP contribution in [0.4, 0.5) is 13.2 Å². The molecule has 3 heterocycles. The molecule has 2 N–H and O–H groups in total. The van der Waals surface area contributed by atoms with Gasteiger partial charge >= 0.3 is 6.18 Å². The SMILES string of the molecule is CC(NS(=O)(=O)c1ccc(-c2c(C#N)c3cc(O)cnc3n2C2CCCC2)nc1)C(F)(F)F. The summed E-state index contributed by atoms with van der Waals surface area (Å²) < 4.78 is 66.6. The Morgan fingerprint density at radius 1 is 1.24 bits per heavy atom. The first-order chi connectivity index (χ1) is 15.5. The molecule has 3 aromatic heterocycles. The summed E-state index contributed by atoms with van der Waals surface area (Å²) in [6.45, 7) is 0.709. The maximum Gasteiger partial charge on any atom is 0.404 e. The summed E-state index contributed by atoms with van der Waals surface area (Å²) in [4.78, 5) is 8.06. The van der Waals surface area contributed by atoms with Gasteiger partial charge in [-0.3, -0.25) is 4.98 Å². The Morgan fingerprint density at radius 2 is 1.94 bits per heavy atom.